The van der Waals surface area contributed by atoms with Crippen molar-refractivity contribution in [2.75, 3.05) is 13.1 Å². The molecule has 4 bridgehead atoms. The Bertz CT molecular complexity index is 741. The lowest BCUT2D eigenvalue weighted by Crippen LogP contribution is -2.63. The third-order valence-corrected chi connectivity index (χ3v) is 9.06. The predicted octanol–water partition coefficient (Wildman–Crippen LogP) is 2.62. The summed E-state index contributed by atoms with van der Waals surface area (Å²) in [5.41, 5.74) is -0.162. The average Bonchev–Trinajstić information content (AvgIpc) is 2.95. The van der Waals surface area contributed by atoms with E-state index in [0.717, 1.165) is 37.0 Å². The summed E-state index contributed by atoms with van der Waals surface area (Å²) in [4.78, 5) is 15.0. The Morgan fingerprint density at radius 2 is 1.72 bits per heavy atom. The zero-order valence-corrected chi connectivity index (χ0v) is 15.2. The lowest BCUT2D eigenvalue weighted by molar-refractivity contribution is -0.161. The minimum atomic E-state index is -3.26. The number of furan rings is 1. The molecular formula is C19H25NO4S. The quantitative estimate of drug-likeness (QED) is 0.825. The first-order chi connectivity index (χ1) is 11.9. The van der Waals surface area contributed by atoms with Gasteiger partial charge in [-0.05, 0) is 68.4 Å². The van der Waals surface area contributed by atoms with Gasteiger partial charge in [0.15, 0.2) is 9.84 Å². The van der Waals surface area contributed by atoms with Crippen molar-refractivity contribution in [3.8, 4) is 0 Å². The van der Waals surface area contributed by atoms with Crippen LogP contribution in [0.1, 0.15) is 44.3 Å². The molecule has 5 nitrogen and oxygen atoms in total. The van der Waals surface area contributed by atoms with Gasteiger partial charge in [-0.2, -0.15) is 0 Å². The number of hydrogen-bond donors (Lipinski definition) is 0. The number of amides is 1. The maximum Gasteiger partial charge on any atom is 0.228 e. The molecule has 1 aromatic rings. The molecule has 1 aliphatic heterocycles. The van der Waals surface area contributed by atoms with Gasteiger partial charge in [-0.25, -0.2) is 8.42 Å². The van der Waals surface area contributed by atoms with E-state index in [9.17, 15) is 13.2 Å². The number of hydrogen-bond acceptors (Lipinski definition) is 4. The third-order valence-electron chi connectivity index (χ3n) is 7.06. The van der Waals surface area contributed by atoms with E-state index in [1.807, 2.05) is 4.90 Å². The number of rotatable bonds is 4. The Labute approximate surface area is 148 Å². The smallest absolute Gasteiger partial charge is 0.228 e. The molecule has 136 valence electrons. The van der Waals surface area contributed by atoms with Crippen molar-refractivity contribution in [2.24, 2.45) is 23.2 Å². The van der Waals surface area contributed by atoms with Crippen LogP contribution in [0.25, 0.3) is 0 Å². The van der Waals surface area contributed by atoms with E-state index in [2.05, 4.69) is 0 Å². The van der Waals surface area contributed by atoms with Gasteiger partial charge in [-0.3, -0.25) is 4.79 Å². The van der Waals surface area contributed by atoms with E-state index < -0.39 is 15.1 Å². The van der Waals surface area contributed by atoms with Gasteiger partial charge in [0.2, 0.25) is 5.91 Å². The Morgan fingerprint density at radius 3 is 2.24 bits per heavy atom. The van der Waals surface area contributed by atoms with Crippen LogP contribution in [0, 0.1) is 23.2 Å². The van der Waals surface area contributed by atoms with E-state index in [0.29, 0.717) is 18.8 Å². The molecule has 0 aromatic carbocycles. The zero-order chi connectivity index (χ0) is 17.2. The van der Waals surface area contributed by atoms with Crippen molar-refractivity contribution in [3.05, 3.63) is 24.2 Å². The second-order valence-electron chi connectivity index (χ2n) is 8.92. The number of carbonyl (C=O) groups is 1. The monoisotopic (exact) mass is 363 g/mol. The maximum atomic E-state index is 13.2. The molecule has 0 spiro atoms. The highest BCUT2D eigenvalue weighted by Gasteiger charge is 2.57. The van der Waals surface area contributed by atoms with Crippen molar-refractivity contribution >= 4 is 15.7 Å². The summed E-state index contributed by atoms with van der Waals surface area (Å²) in [5.74, 6) is 2.85. The Balaban J connectivity index is 1.25. The van der Waals surface area contributed by atoms with Crippen LogP contribution in [0.3, 0.4) is 0 Å². The van der Waals surface area contributed by atoms with Gasteiger partial charge in [0.1, 0.15) is 11.5 Å². The van der Waals surface area contributed by atoms with E-state index >= 15 is 0 Å². The fourth-order valence-corrected chi connectivity index (χ4v) is 7.86. The molecule has 1 saturated heterocycles. The van der Waals surface area contributed by atoms with Gasteiger partial charge in [-0.1, -0.05) is 0 Å². The van der Waals surface area contributed by atoms with Gasteiger partial charge in [0, 0.05) is 13.1 Å². The van der Waals surface area contributed by atoms with Crippen LogP contribution in [-0.4, -0.2) is 37.6 Å². The molecule has 0 N–H and O–H groups in total. The highest BCUT2D eigenvalue weighted by Crippen LogP contribution is 2.60. The fourth-order valence-electron chi connectivity index (χ4n) is 6.25. The largest absolute Gasteiger partial charge is 0.468 e. The number of likely N-dealkylation sites (tertiary alicyclic amines) is 1. The summed E-state index contributed by atoms with van der Waals surface area (Å²) in [6.45, 7) is 0.729. The summed E-state index contributed by atoms with van der Waals surface area (Å²) in [6.07, 6.45) is 8.55. The first-order valence-corrected chi connectivity index (χ1v) is 11.2. The molecule has 2 heterocycles. The molecule has 6 heteroatoms. The molecule has 1 aromatic heterocycles. The standard InChI is InChI=1S/C19H25NO4S/c21-18(19-7-13-4-14(8-19)6-15(5-13)9-19)20-10-17(11-20)25(22,23)12-16-2-1-3-24-16/h1-3,13-15,17H,4-12H2. The predicted molar refractivity (Wildman–Crippen MR) is 92.3 cm³/mol. The topological polar surface area (TPSA) is 67.6 Å². The van der Waals surface area contributed by atoms with Crippen molar-refractivity contribution in [2.45, 2.75) is 49.5 Å². The molecule has 4 saturated carbocycles. The van der Waals surface area contributed by atoms with Crippen LogP contribution >= 0.6 is 0 Å². The molecule has 25 heavy (non-hydrogen) atoms. The van der Waals surface area contributed by atoms with Crippen molar-refractivity contribution < 1.29 is 17.6 Å². The molecule has 0 radical (unpaired) electrons. The molecule has 6 rings (SSSR count). The van der Waals surface area contributed by atoms with E-state index in [-0.39, 0.29) is 17.1 Å². The molecule has 5 fully saturated rings. The number of sulfone groups is 1. The molecule has 0 unspecified atom stereocenters. The second kappa shape index (κ2) is 5.35. The summed E-state index contributed by atoms with van der Waals surface area (Å²) in [7, 11) is -3.26. The third kappa shape index (κ3) is 2.56. The van der Waals surface area contributed by atoms with Crippen molar-refractivity contribution in [1.82, 2.24) is 4.90 Å². The summed E-state index contributed by atoms with van der Waals surface area (Å²) in [5, 5.41) is -0.435. The van der Waals surface area contributed by atoms with Crippen LogP contribution < -0.4 is 0 Å². The fraction of sp³-hybridized carbons (Fsp3) is 0.737. The molecule has 5 aliphatic rings. The van der Waals surface area contributed by atoms with Gasteiger partial charge >= 0.3 is 0 Å². The van der Waals surface area contributed by atoms with Crippen LogP contribution in [0.5, 0.6) is 0 Å². The lowest BCUT2D eigenvalue weighted by Gasteiger charge is -2.57. The summed E-state index contributed by atoms with van der Waals surface area (Å²) >= 11 is 0. The van der Waals surface area contributed by atoms with Crippen LogP contribution in [0.2, 0.25) is 0 Å². The molecule has 4 aliphatic carbocycles. The van der Waals surface area contributed by atoms with Gasteiger partial charge in [-0.15, -0.1) is 0 Å². The van der Waals surface area contributed by atoms with Gasteiger partial charge < -0.3 is 9.32 Å². The average molecular weight is 363 g/mol. The Hall–Kier alpha value is -1.30. The minimum Gasteiger partial charge on any atom is -0.468 e. The first-order valence-electron chi connectivity index (χ1n) is 9.47. The van der Waals surface area contributed by atoms with E-state index in [1.54, 1.807) is 12.1 Å². The lowest BCUT2D eigenvalue weighted by atomic mass is 9.49. The minimum absolute atomic E-state index is 0.0654. The van der Waals surface area contributed by atoms with E-state index in [4.69, 9.17) is 4.42 Å². The van der Waals surface area contributed by atoms with Gasteiger partial charge in [0.05, 0.1) is 16.9 Å². The van der Waals surface area contributed by atoms with Gasteiger partial charge in [0.25, 0.3) is 0 Å². The summed E-state index contributed by atoms with van der Waals surface area (Å²) < 4.78 is 30.2. The normalized spacial score (nSPS) is 37.3. The number of carbonyl (C=O) groups excluding carboxylic acids is 1. The summed E-state index contributed by atoms with van der Waals surface area (Å²) in [6, 6.07) is 3.39. The first kappa shape index (κ1) is 15.9. The molecule has 0 atom stereocenters. The second-order valence-corrected chi connectivity index (χ2v) is 11.2. The van der Waals surface area contributed by atoms with Crippen LogP contribution in [-0.2, 0) is 20.4 Å². The molecular weight excluding hydrogens is 338 g/mol. The van der Waals surface area contributed by atoms with E-state index in [1.165, 1.54) is 25.5 Å². The van der Waals surface area contributed by atoms with Crippen molar-refractivity contribution in [1.29, 1.82) is 0 Å². The maximum absolute atomic E-state index is 13.2. The Morgan fingerprint density at radius 1 is 1.12 bits per heavy atom. The van der Waals surface area contributed by atoms with Crippen LogP contribution in [0.15, 0.2) is 22.8 Å². The highest BCUT2D eigenvalue weighted by atomic mass is 32.2. The molecule has 1 amide bonds. The number of nitrogens with zero attached hydrogens (tertiary/aromatic N) is 1. The van der Waals surface area contributed by atoms with Crippen LogP contribution in [0.4, 0.5) is 0 Å². The SMILES string of the molecule is O=C(N1CC(S(=O)(=O)Cc2ccco2)C1)C12CC3CC(CC(C3)C1)C2. The van der Waals surface area contributed by atoms with Crippen molar-refractivity contribution in [3.63, 3.8) is 0 Å². The zero-order valence-electron chi connectivity index (χ0n) is 14.4. The highest BCUT2D eigenvalue weighted by molar-refractivity contribution is 7.91. The Kier molecular flexibility index (Phi) is 3.41.